The number of aliphatic hydroxyl groups is 1. The molecular weight excluding hydrogens is 246 g/mol. The molecule has 2 rings (SSSR count). The van der Waals surface area contributed by atoms with E-state index in [0.29, 0.717) is 6.42 Å². The van der Waals surface area contributed by atoms with Crippen molar-refractivity contribution < 1.29 is 19.7 Å². The Morgan fingerprint density at radius 2 is 1.89 bits per heavy atom. The maximum Gasteiger partial charge on any atom is 0.305 e. The van der Waals surface area contributed by atoms with Crippen LogP contribution in [0.15, 0.2) is 24.3 Å². The van der Waals surface area contributed by atoms with Crippen molar-refractivity contribution in [2.75, 3.05) is 31.2 Å². The van der Waals surface area contributed by atoms with E-state index in [4.69, 9.17) is 9.84 Å². The molecular formula is C14H19NO4. The summed E-state index contributed by atoms with van der Waals surface area (Å²) < 4.78 is 5.30. The molecule has 0 radical (unpaired) electrons. The summed E-state index contributed by atoms with van der Waals surface area (Å²) in [5, 5.41) is 18.2. The first-order valence-corrected chi connectivity index (χ1v) is 6.46. The number of carbonyl (C=O) groups is 1. The zero-order chi connectivity index (χ0) is 13.7. The fourth-order valence-corrected chi connectivity index (χ4v) is 2.21. The Kier molecular flexibility index (Phi) is 4.76. The summed E-state index contributed by atoms with van der Waals surface area (Å²) in [5.41, 5.74) is 2.09. The smallest absolute Gasteiger partial charge is 0.305 e. The fraction of sp³-hybridized carbons (Fsp3) is 0.500. The quantitative estimate of drug-likeness (QED) is 0.828. The van der Waals surface area contributed by atoms with Crippen molar-refractivity contribution in [1.29, 1.82) is 0 Å². The summed E-state index contributed by atoms with van der Waals surface area (Å²) >= 11 is 0. The molecule has 2 N–H and O–H groups in total. The number of aliphatic hydroxyl groups excluding tert-OH is 1. The molecule has 1 aliphatic heterocycles. The normalized spacial score (nSPS) is 17.2. The topological polar surface area (TPSA) is 70.0 Å². The Balaban J connectivity index is 1.92. The highest BCUT2D eigenvalue weighted by Gasteiger charge is 2.12. The number of benzene rings is 1. The second-order valence-corrected chi connectivity index (χ2v) is 4.72. The fourth-order valence-electron chi connectivity index (χ4n) is 2.21. The highest BCUT2D eigenvalue weighted by atomic mass is 16.5. The first kappa shape index (κ1) is 13.8. The first-order valence-electron chi connectivity index (χ1n) is 6.46. The van der Waals surface area contributed by atoms with Crippen LogP contribution >= 0.6 is 0 Å². The van der Waals surface area contributed by atoms with Gasteiger partial charge in [0.1, 0.15) is 0 Å². The van der Waals surface area contributed by atoms with Crippen LogP contribution in [-0.2, 0) is 16.0 Å². The van der Waals surface area contributed by atoms with E-state index in [9.17, 15) is 9.90 Å². The maximum absolute atomic E-state index is 10.5. The number of ether oxygens (including phenoxy) is 1. The Labute approximate surface area is 112 Å². The summed E-state index contributed by atoms with van der Waals surface area (Å²) in [7, 11) is 0. The van der Waals surface area contributed by atoms with Crippen molar-refractivity contribution >= 4 is 11.7 Å². The summed E-state index contributed by atoms with van der Waals surface area (Å²) in [6.07, 6.45) is -0.673. The van der Waals surface area contributed by atoms with E-state index in [1.807, 2.05) is 24.3 Å². The standard InChI is InChI=1S/C14H19NO4/c16-13(10-14(17)18)9-11-1-3-12(4-2-11)15-5-7-19-8-6-15/h1-4,13,16H,5-10H2,(H,17,18). The summed E-state index contributed by atoms with van der Waals surface area (Å²) in [6.45, 7) is 3.28. The number of hydrogen-bond donors (Lipinski definition) is 2. The largest absolute Gasteiger partial charge is 0.481 e. The van der Waals surface area contributed by atoms with Gasteiger partial charge in [0.25, 0.3) is 0 Å². The maximum atomic E-state index is 10.5. The van der Waals surface area contributed by atoms with E-state index >= 15 is 0 Å². The molecule has 1 unspecified atom stereocenters. The van der Waals surface area contributed by atoms with Crippen LogP contribution in [0.3, 0.4) is 0 Å². The van der Waals surface area contributed by atoms with Gasteiger partial charge in [-0.3, -0.25) is 4.79 Å². The van der Waals surface area contributed by atoms with E-state index in [0.717, 1.165) is 37.6 Å². The number of carboxylic acids is 1. The van der Waals surface area contributed by atoms with Crippen LogP contribution in [0, 0.1) is 0 Å². The van der Waals surface area contributed by atoms with Crippen molar-refractivity contribution in [3.63, 3.8) is 0 Å². The molecule has 0 amide bonds. The SMILES string of the molecule is O=C(O)CC(O)Cc1ccc(N2CCOCC2)cc1. The van der Waals surface area contributed by atoms with Crippen molar-refractivity contribution in [2.45, 2.75) is 18.9 Å². The minimum Gasteiger partial charge on any atom is -0.481 e. The van der Waals surface area contributed by atoms with Gasteiger partial charge in [-0.2, -0.15) is 0 Å². The van der Waals surface area contributed by atoms with Gasteiger partial charge in [0, 0.05) is 18.8 Å². The highest BCUT2D eigenvalue weighted by molar-refractivity contribution is 5.67. The van der Waals surface area contributed by atoms with Gasteiger partial charge >= 0.3 is 5.97 Å². The Morgan fingerprint density at radius 3 is 2.47 bits per heavy atom. The summed E-state index contributed by atoms with van der Waals surface area (Å²) in [4.78, 5) is 12.7. The van der Waals surface area contributed by atoms with Gasteiger partial charge in [-0.25, -0.2) is 0 Å². The highest BCUT2D eigenvalue weighted by Crippen LogP contribution is 2.17. The average molecular weight is 265 g/mol. The molecule has 0 spiro atoms. The summed E-state index contributed by atoms with van der Waals surface area (Å²) in [5.74, 6) is -0.975. The lowest BCUT2D eigenvalue weighted by Crippen LogP contribution is -2.36. The molecule has 1 atom stereocenters. The number of anilines is 1. The molecule has 19 heavy (non-hydrogen) atoms. The van der Waals surface area contributed by atoms with Crippen molar-refractivity contribution in [1.82, 2.24) is 0 Å². The molecule has 1 fully saturated rings. The Hall–Kier alpha value is -1.59. The molecule has 104 valence electrons. The van der Waals surface area contributed by atoms with Gasteiger partial charge in [-0.1, -0.05) is 12.1 Å². The van der Waals surface area contributed by atoms with Crippen LogP contribution in [0.1, 0.15) is 12.0 Å². The molecule has 1 heterocycles. The number of aliphatic carboxylic acids is 1. The number of carboxylic acid groups (broad SMARTS) is 1. The number of nitrogens with zero attached hydrogens (tertiary/aromatic N) is 1. The predicted octanol–water partition coefficient (Wildman–Crippen LogP) is 0.901. The van der Waals surface area contributed by atoms with Crippen molar-refractivity contribution in [2.24, 2.45) is 0 Å². The van der Waals surface area contributed by atoms with Crippen molar-refractivity contribution in [3.05, 3.63) is 29.8 Å². The van der Waals surface area contributed by atoms with Crippen molar-refractivity contribution in [3.8, 4) is 0 Å². The minimum absolute atomic E-state index is 0.217. The lowest BCUT2D eigenvalue weighted by atomic mass is 10.1. The molecule has 0 bridgehead atoms. The lowest BCUT2D eigenvalue weighted by molar-refractivity contribution is -0.139. The Bertz CT molecular complexity index is 412. The van der Waals surface area contributed by atoms with E-state index in [1.165, 1.54) is 0 Å². The van der Waals surface area contributed by atoms with Crippen LogP contribution in [0.5, 0.6) is 0 Å². The second kappa shape index (κ2) is 6.54. The molecule has 1 aliphatic rings. The third kappa shape index (κ3) is 4.22. The van der Waals surface area contributed by atoms with Gasteiger partial charge < -0.3 is 19.8 Å². The molecule has 0 aromatic heterocycles. The van der Waals surface area contributed by atoms with Gasteiger partial charge in [0.15, 0.2) is 0 Å². The molecule has 1 saturated heterocycles. The predicted molar refractivity (Wildman–Crippen MR) is 71.4 cm³/mol. The third-order valence-electron chi connectivity index (χ3n) is 3.19. The van der Waals surface area contributed by atoms with Crippen LogP contribution in [-0.4, -0.2) is 48.6 Å². The molecule has 1 aromatic rings. The first-order chi connectivity index (χ1) is 9.15. The number of hydrogen-bond acceptors (Lipinski definition) is 4. The lowest BCUT2D eigenvalue weighted by Gasteiger charge is -2.29. The molecule has 1 aromatic carbocycles. The monoisotopic (exact) mass is 265 g/mol. The Morgan fingerprint density at radius 1 is 1.26 bits per heavy atom. The molecule has 5 nitrogen and oxygen atoms in total. The molecule has 5 heteroatoms. The van der Waals surface area contributed by atoms with E-state index < -0.39 is 12.1 Å². The second-order valence-electron chi connectivity index (χ2n) is 4.72. The third-order valence-corrected chi connectivity index (χ3v) is 3.19. The summed E-state index contributed by atoms with van der Waals surface area (Å²) in [6, 6.07) is 7.90. The number of rotatable bonds is 5. The van der Waals surface area contributed by atoms with Crippen LogP contribution < -0.4 is 4.90 Å². The van der Waals surface area contributed by atoms with Gasteiger partial charge in [0.2, 0.25) is 0 Å². The van der Waals surface area contributed by atoms with Gasteiger partial charge in [-0.15, -0.1) is 0 Å². The van der Waals surface area contributed by atoms with Crippen LogP contribution in [0.25, 0.3) is 0 Å². The number of morpholine rings is 1. The zero-order valence-electron chi connectivity index (χ0n) is 10.8. The van der Waals surface area contributed by atoms with E-state index in [1.54, 1.807) is 0 Å². The molecule has 0 saturated carbocycles. The molecule has 0 aliphatic carbocycles. The van der Waals surface area contributed by atoms with E-state index in [2.05, 4.69) is 4.90 Å². The van der Waals surface area contributed by atoms with Crippen LogP contribution in [0.4, 0.5) is 5.69 Å². The van der Waals surface area contributed by atoms with E-state index in [-0.39, 0.29) is 6.42 Å². The average Bonchev–Trinajstić information content (AvgIpc) is 2.39. The van der Waals surface area contributed by atoms with Gasteiger partial charge in [0.05, 0.1) is 25.7 Å². The zero-order valence-corrected chi connectivity index (χ0v) is 10.8. The van der Waals surface area contributed by atoms with Crippen LogP contribution in [0.2, 0.25) is 0 Å². The minimum atomic E-state index is -0.975. The van der Waals surface area contributed by atoms with Gasteiger partial charge in [-0.05, 0) is 24.1 Å².